The zero-order chi connectivity index (χ0) is 25.7. The van der Waals surface area contributed by atoms with Crippen molar-refractivity contribution in [3.63, 3.8) is 0 Å². The number of carbonyl (C=O) groups excluding carboxylic acids is 3. The molecule has 1 aliphatic rings. The van der Waals surface area contributed by atoms with Crippen LogP contribution in [0.3, 0.4) is 0 Å². The third-order valence-electron chi connectivity index (χ3n) is 5.44. The third-order valence-corrected chi connectivity index (χ3v) is 5.44. The predicted octanol–water partition coefficient (Wildman–Crippen LogP) is -1.05. The Morgan fingerprint density at radius 1 is 1.03 bits per heavy atom. The van der Waals surface area contributed by atoms with Crippen molar-refractivity contribution < 1.29 is 33.3 Å². The molecule has 1 saturated heterocycles. The number of ketones is 1. The number of hydrogen-bond acceptors (Lipinski definition) is 10. The molecule has 1 aromatic carbocycles. The topological polar surface area (TPSA) is 161 Å². The fourth-order valence-corrected chi connectivity index (χ4v) is 3.37. The van der Waals surface area contributed by atoms with Gasteiger partial charge in [-0.2, -0.15) is 0 Å². The second kappa shape index (κ2) is 10.9. The average molecular weight is 490 g/mol. The number of amides is 1. The predicted molar refractivity (Wildman–Crippen MR) is 122 cm³/mol. The van der Waals surface area contributed by atoms with E-state index in [2.05, 4.69) is 0 Å². The number of nitrogen functional groups attached to an aromatic ring is 1. The molecule has 1 aliphatic heterocycles. The Morgan fingerprint density at radius 2 is 1.71 bits per heavy atom. The van der Waals surface area contributed by atoms with Gasteiger partial charge in [0.25, 0.3) is 11.5 Å². The zero-order valence-electron chi connectivity index (χ0n) is 19.6. The number of Topliss-reactive ketones (excluding diaryl/α,β-unsaturated/α-hetero) is 1. The van der Waals surface area contributed by atoms with E-state index < -0.39 is 35.2 Å². The molecule has 3 rings (SSSR count). The maximum Gasteiger partial charge on any atom is 0.338 e. The summed E-state index contributed by atoms with van der Waals surface area (Å²) in [6.45, 7) is 0.922. The Labute approximate surface area is 199 Å². The molecule has 1 fully saturated rings. The maximum atomic E-state index is 12.5. The summed E-state index contributed by atoms with van der Waals surface area (Å²) in [6, 6.07) is 4.15. The Morgan fingerprint density at radius 3 is 2.37 bits per heavy atom. The van der Waals surface area contributed by atoms with E-state index in [1.807, 2.05) is 0 Å². The molecule has 13 heteroatoms. The molecular weight excluding hydrogens is 464 g/mol. The summed E-state index contributed by atoms with van der Waals surface area (Å²) in [5.74, 6) is -1.84. The zero-order valence-corrected chi connectivity index (χ0v) is 19.6. The number of benzene rings is 1. The SMILES string of the molecule is COc1cc(C(=O)OCC(=O)c2c(N)n(C)c(=O)n(C)c2=O)ccc1OCC(=O)N1CCOCC1. The van der Waals surface area contributed by atoms with E-state index in [4.69, 9.17) is 24.7 Å². The third kappa shape index (κ3) is 5.51. The summed E-state index contributed by atoms with van der Waals surface area (Å²) in [6.07, 6.45) is 0. The summed E-state index contributed by atoms with van der Waals surface area (Å²) in [7, 11) is 3.88. The molecule has 0 aliphatic carbocycles. The number of esters is 1. The summed E-state index contributed by atoms with van der Waals surface area (Å²) >= 11 is 0. The number of methoxy groups -OCH3 is 1. The van der Waals surface area contributed by atoms with Gasteiger partial charge in [0, 0.05) is 27.2 Å². The molecule has 35 heavy (non-hydrogen) atoms. The molecule has 188 valence electrons. The first-order valence-electron chi connectivity index (χ1n) is 10.6. The van der Waals surface area contributed by atoms with E-state index in [1.54, 1.807) is 4.90 Å². The molecule has 0 unspecified atom stereocenters. The van der Waals surface area contributed by atoms with E-state index >= 15 is 0 Å². The fraction of sp³-hybridized carbons (Fsp3) is 0.409. The normalized spacial score (nSPS) is 13.3. The second-order valence-electron chi connectivity index (χ2n) is 7.61. The van der Waals surface area contributed by atoms with Gasteiger partial charge in [-0.1, -0.05) is 0 Å². The van der Waals surface area contributed by atoms with Crippen LogP contribution in [-0.4, -0.2) is 78.3 Å². The molecule has 1 amide bonds. The molecule has 0 atom stereocenters. The lowest BCUT2D eigenvalue weighted by Crippen LogP contribution is -2.43. The van der Waals surface area contributed by atoms with E-state index in [9.17, 15) is 24.0 Å². The van der Waals surface area contributed by atoms with Gasteiger partial charge in [0.05, 0.1) is 25.9 Å². The number of nitrogens with two attached hydrogens (primary N) is 1. The van der Waals surface area contributed by atoms with Gasteiger partial charge in [0.1, 0.15) is 11.4 Å². The maximum absolute atomic E-state index is 12.5. The van der Waals surface area contributed by atoms with Crippen molar-refractivity contribution in [2.75, 3.05) is 52.4 Å². The van der Waals surface area contributed by atoms with Crippen LogP contribution >= 0.6 is 0 Å². The number of aromatic nitrogens is 2. The summed E-state index contributed by atoms with van der Waals surface area (Å²) in [5, 5.41) is 0. The summed E-state index contributed by atoms with van der Waals surface area (Å²) in [4.78, 5) is 63.1. The minimum atomic E-state index is -0.888. The van der Waals surface area contributed by atoms with Crippen LogP contribution in [0.2, 0.25) is 0 Å². The van der Waals surface area contributed by atoms with Gasteiger partial charge in [-0.05, 0) is 18.2 Å². The quantitative estimate of drug-likeness (QED) is 0.357. The number of nitrogens with zero attached hydrogens (tertiary/aromatic N) is 3. The average Bonchev–Trinajstić information content (AvgIpc) is 2.88. The van der Waals surface area contributed by atoms with Gasteiger partial charge < -0.3 is 29.6 Å². The van der Waals surface area contributed by atoms with Crippen molar-refractivity contribution in [3.05, 3.63) is 50.2 Å². The highest BCUT2D eigenvalue weighted by Gasteiger charge is 2.23. The van der Waals surface area contributed by atoms with Crippen LogP contribution in [0.25, 0.3) is 0 Å². The van der Waals surface area contributed by atoms with Crippen molar-refractivity contribution in [2.45, 2.75) is 0 Å². The van der Waals surface area contributed by atoms with E-state index in [0.717, 1.165) is 9.13 Å². The molecule has 0 bridgehead atoms. The molecule has 0 saturated carbocycles. The van der Waals surface area contributed by atoms with Gasteiger partial charge in [0.15, 0.2) is 24.7 Å². The standard InChI is InChI=1S/C22H26N4O9/c1-24-19(23)18(20(29)25(2)22(24)31)14(27)11-35-21(30)13-4-5-15(16(10-13)32-3)34-12-17(28)26-6-8-33-9-7-26/h4-5,10H,6-9,11-12,23H2,1-3H3. The van der Waals surface area contributed by atoms with Crippen LogP contribution in [0, 0.1) is 0 Å². The monoisotopic (exact) mass is 490 g/mol. The van der Waals surface area contributed by atoms with E-state index in [0.29, 0.717) is 26.3 Å². The van der Waals surface area contributed by atoms with Crippen molar-refractivity contribution in [3.8, 4) is 11.5 Å². The Kier molecular flexibility index (Phi) is 7.91. The molecule has 13 nitrogen and oxygen atoms in total. The van der Waals surface area contributed by atoms with Crippen molar-refractivity contribution in [2.24, 2.45) is 14.1 Å². The molecule has 1 aromatic heterocycles. The first-order chi connectivity index (χ1) is 16.6. The van der Waals surface area contributed by atoms with Crippen LogP contribution in [0.15, 0.2) is 27.8 Å². The smallest absolute Gasteiger partial charge is 0.338 e. The van der Waals surface area contributed by atoms with Crippen molar-refractivity contribution >= 4 is 23.5 Å². The summed E-state index contributed by atoms with van der Waals surface area (Å²) < 4.78 is 22.7. The first-order valence-corrected chi connectivity index (χ1v) is 10.6. The molecule has 2 heterocycles. The van der Waals surface area contributed by atoms with Crippen LogP contribution in [0.5, 0.6) is 11.5 Å². The number of anilines is 1. The Bertz CT molecular complexity index is 1260. The lowest BCUT2D eigenvalue weighted by atomic mass is 10.2. The molecule has 2 aromatic rings. The molecular formula is C22H26N4O9. The highest BCUT2D eigenvalue weighted by Crippen LogP contribution is 2.28. The lowest BCUT2D eigenvalue weighted by Gasteiger charge is -2.26. The van der Waals surface area contributed by atoms with E-state index in [-0.39, 0.29) is 35.4 Å². The van der Waals surface area contributed by atoms with Crippen LogP contribution in [0.4, 0.5) is 5.82 Å². The van der Waals surface area contributed by atoms with Crippen molar-refractivity contribution in [1.82, 2.24) is 14.0 Å². The Hall–Kier alpha value is -4.13. The van der Waals surface area contributed by atoms with Gasteiger partial charge in [-0.3, -0.25) is 23.5 Å². The highest BCUT2D eigenvalue weighted by molar-refractivity contribution is 6.02. The van der Waals surface area contributed by atoms with Gasteiger partial charge >= 0.3 is 11.7 Å². The fourth-order valence-electron chi connectivity index (χ4n) is 3.37. The van der Waals surface area contributed by atoms with Gasteiger partial charge in [0.2, 0.25) is 5.78 Å². The first kappa shape index (κ1) is 25.5. The molecule has 0 spiro atoms. The number of hydrogen-bond donors (Lipinski definition) is 1. The number of morpholine rings is 1. The van der Waals surface area contributed by atoms with E-state index in [1.165, 1.54) is 39.4 Å². The summed E-state index contributed by atoms with van der Waals surface area (Å²) in [5.41, 5.74) is 3.76. The van der Waals surface area contributed by atoms with Gasteiger partial charge in [-0.15, -0.1) is 0 Å². The van der Waals surface area contributed by atoms with Crippen LogP contribution in [0.1, 0.15) is 20.7 Å². The minimum absolute atomic E-state index is 0.0443. The Balaban J connectivity index is 1.66. The van der Waals surface area contributed by atoms with Crippen LogP contribution in [-0.2, 0) is 28.4 Å². The largest absolute Gasteiger partial charge is 0.493 e. The number of carbonyl (C=O) groups is 3. The van der Waals surface area contributed by atoms with Gasteiger partial charge in [-0.25, -0.2) is 9.59 Å². The number of rotatable bonds is 8. The molecule has 2 N–H and O–H groups in total. The second-order valence-corrected chi connectivity index (χ2v) is 7.61. The van der Waals surface area contributed by atoms with Crippen LogP contribution < -0.4 is 26.5 Å². The highest BCUT2D eigenvalue weighted by atomic mass is 16.5. The number of ether oxygens (including phenoxy) is 4. The molecule has 0 radical (unpaired) electrons. The van der Waals surface area contributed by atoms with Crippen molar-refractivity contribution in [1.29, 1.82) is 0 Å². The lowest BCUT2D eigenvalue weighted by molar-refractivity contribution is -0.137. The minimum Gasteiger partial charge on any atom is -0.493 e.